The van der Waals surface area contributed by atoms with E-state index in [9.17, 15) is 9.59 Å². The molecule has 2 heterocycles. The van der Waals surface area contributed by atoms with Crippen molar-refractivity contribution in [1.82, 2.24) is 10.3 Å². The first kappa shape index (κ1) is 20.0. The van der Waals surface area contributed by atoms with E-state index >= 15 is 0 Å². The van der Waals surface area contributed by atoms with Gasteiger partial charge in [-0.1, -0.05) is 18.2 Å². The molecule has 1 atom stereocenters. The van der Waals surface area contributed by atoms with Gasteiger partial charge in [0.25, 0.3) is 0 Å². The number of para-hydroxylation sites is 1. The lowest BCUT2D eigenvalue weighted by Crippen LogP contribution is -2.44. The molecule has 0 bridgehead atoms. The van der Waals surface area contributed by atoms with Gasteiger partial charge in [-0.2, -0.15) is 0 Å². The third-order valence-electron chi connectivity index (χ3n) is 5.30. The number of H-pyrrole nitrogens is 1. The van der Waals surface area contributed by atoms with Crippen LogP contribution in [0.15, 0.2) is 54.7 Å². The van der Waals surface area contributed by atoms with Gasteiger partial charge in [0.2, 0.25) is 11.8 Å². The zero-order valence-electron chi connectivity index (χ0n) is 17.0. The highest BCUT2D eigenvalue weighted by atomic mass is 16.5. The van der Waals surface area contributed by atoms with Crippen molar-refractivity contribution < 1.29 is 14.3 Å². The summed E-state index contributed by atoms with van der Waals surface area (Å²) in [5, 5.41) is 6.76. The number of rotatable bonds is 6. The Kier molecular flexibility index (Phi) is 5.99. The van der Waals surface area contributed by atoms with Crippen LogP contribution in [0.1, 0.15) is 12.5 Å². The molecule has 3 aromatic rings. The monoisotopic (exact) mass is 406 g/mol. The SMILES string of the molecule is CC(=O)N[C@@H](Cc1c[nH]c2ccccc12)C(=O)Nc1ccc(N2CCOCC2)cc1. The highest BCUT2D eigenvalue weighted by Crippen LogP contribution is 2.21. The number of anilines is 2. The van der Waals surface area contributed by atoms with Gasteiger partial charge in [-0.15, -0.1) is 0 Å². The predicted octanol–water partition coefficient (Wildman–Crippen LogP) is 2.69. The lowest BCUT2D eigenvalue weighted by Gasteiger charge is -2.29. The van der Waals surface area contributed by atoms with E-state index in [1.54, 1.807) is 0 Å². The minimum Gasteiger partial charge on any atom is -0.378 e. The van der Waals surface area contributed by atoms with E-state index in [0.29, 0.717) is 12.1 Å². The van der Waals surface area contributed by atoms with Gasteiger partial charge in [-0.3, -0.25) is 9.59 Å². The molecule has 1 aliphatic rings. The fourth-order valence-electron chi connectivity index (χ4n) is 3.78. The minimum atomic E-state index is -0.666. The lowest BCUT2D eigenvalue weighted by atomic mass is 10.0. The van der Waals surface area contributed by atoms with Gasteiger partial charge >= 0.3 is 0 Å². The molecule has 1 saturated heterocycles. The van der Waals surface area contributed by atoms with Crippen LogP contribution in [0.4, 0.5) is 11.4 Å². The van der Waals surface area contributed by atoms with Crippen LogP contribution in [-0.2, 0) is 20.7 Å². The molecule has 4 rings (SSSR count). The molecule has 3 N–H and O–H groups in total. The van der Waals surface area contributed by atoms with Crippen molar-refractivity contribution in [3.63, 3.8) is 0 Å². The van der Waals surface area contributed by atoms with Crippen molar-refractivity contribution >= 4 is 34.1 Å². The maximum absolute atomic E-state index is 12.9. The summed E-state index contributed by atoms with van der Waals surface area (Å²) in [5.74, 6) is -0.479. The highest BCUT2D eigenvalue weighted by Gasteiger charge is 2.22. The van der Waals surface area contributed by atoms with Crippen molar-refractivity contribution in [2.75, 3.05) is 36.5 Å². The van der Waals surface area contributed by atoms with Gasteiger partial charge < -0.3 is 25.3 Å². The Morgan fingerprint density at radius 2 is 1.83 bits per heavy atom. The Hall–Kier alpha value is -3.32. The van der Waals surface area contributed by atoms with Gasteiger partial charge in [0, 0.05) is 54.9 Å². The number of carbonyl (C=O) groups excluding carboxylic acids is 2. The number of fused-ring (bicyclic) bond motifs is 1. The zero-order valence-corrected chi connectivity index (χ0v) is 17.0. The second-order valence-corrected chi connectivity index (χ2v) is 7.45. The number of nitrogens with one attached hydrogen (secondary N) is 3. The van der Waals surface area contributed by atoms with Crippen molar-refractivity contribution in [2.24, 2.45) is 0 Å². The van der Waals surface area contributed by atoms with E-state index < -0.39 is 6.04 Å². The topological polar surface area (TPSA) is 86.5 Å². The third kappa shape index (κ3) is 4.63. The summed E-state index contributed by atoms with van der Waals surface area (Å²) in [6.07, 6.45) is 2.30. The van der Waals surface area contributed by atoms with Gasteiger partial charge in [0.15, 0.2) is 0 Å². The molecule has 7 nitrogen and oxygen atoms in total. The van der Waals surface area contributed by atoms with Gasteiger partial charge in [-0.05, 0) is 35.9 Å². The molecule has 2 amide bonds. The molecule has 7 heteroatoms. The quantitative estimate of drug-likeness (QED) is 0.588. The zero-order chi connectivity index (χ0) is 20.9. The Balaban J connectivity index is 1.46. The van der Waals surface area contributed by atoms with Crippen LogP contribution in [0.2, 0.25) is 0 Å². The van der Waals surface area contributed by atoms with E-state index in [-0.39, 0.29) is 11.8 Å². The average Bonchev–Trinajstić information content (AvgIpc) is 3.17. The second-order valence-electron chi connectivity index (χ2n) is 7.45. The number of carbonyl (C=O) groups is 2. The smallest absolute Gasteiger partial charge is 0.247 e. The first-order chi connectivity index (χ1) is 14.6. The largest absolute Gasteiger partial charge is 0.378 e. The molecule has 0 spiro atoms. The van der Waals surface area contributed by atoms with Crippen molar-refractivity contribution in [3.8, 4) is 0 Å². The number of benzene rings is 2. The fraction of sp³-hybridized carbons (Fsp3) is 0.304. The normalized spacial score (nSPS) is 15.0. The molecule has 156 valence electrons. The van der Waals surface area contributed by atoms with E-state index in [4.69, 9.17) is 4.74 Å². The highest BCUT2D eigenvalue weighted by molar-refractivity contribution is 5.97. The Morgan fingerprint density at radius 3 is 2.57 bits per heavy atom. The van der Waals surface area contributed by atoms with Crippen LogP contribution in [0.5, 0.6) is 0 Å². The molecule has 0 unspecified atom stereocenters. The summed E-state index contributed by atoms with van der Waals surface area (Å²) >= 11 is 0. The van der Waals surface area contributed by atoms with Crippen LogP contribution in [0.3, 0.4) is 0 Å². The van der Waals surface area contributed by atoms with Gasteiger partial charge in [0.1, 0.15) is 6.04 Å². The summed E-state index contributed by atoms with van der Waals surface area (Å²) < 4.78 is 5.39. The number of ether oxygens (including phenoxy) is 1. The molecule has 1 aliphatic heterocycles. The number of hydrogen-bond acceptors (Lipinski definition) is 4. The number of aromatic amines is 1. The Morgan fingerprint density at radius 1 is 1.10 bits per heavy atom. The number of amides is 2. The van der Waals surface area contributed by atoms with Gasteiger partial charge in [0.05, 0.1) is 13.2 Å². The summed E-state index contributed by atoms with van der Waals surface area (Å²) in [4.78, 5) is 30.1. The molecule has 0 aliphatic carbocycles. The van der Waals surface area contributed by atoms with Crippen molar-refractivity contribution in [1.29, 1.82) is 0 Å². The van der Waals surface area contributed by atoms with E-state index in [2.05, 4.69) is 20.5 Å². The number of morpholine rings is 1. The fourth-order valence-corrected chi connectivity index (χ4v) is 3.78. The molecule has 0 saturated carbocycles. The van der Waals surface area contributed by atoms with Gasteiger partial charge in [-0.25, -0.2) is 0 Å². The van der Waals surface area contributed by atoms with E-state index in [1.165, 1.54) is 6.92 Å². The molecule has 0 radical (unpaired) electrons. The van der Waals surface area contributed by atoms with E-state index in [0.717, 1.165) is 48.5 Å². The van der Waals surface area contributed by atoms with E-state index in [1.807, 2.05) is 54.7 Å². The number of nitrogens with zero attached hydrogens (tertiary/aromatic N) is 1. The lowest BCUT2D eigenvalue weighted by molar-refractivity contribution is -0.125. The second kappa shape index (κ2) is 9.00. The van der Waals surface area contributed by atoms with Crippen LogP contribution >= 0.6 is 0 Å². The Bertz CT molecular complexity index is 1020. The minimum absolute atomic E-state index is 0.238. The maximum Gasteiger partial charge on any atom is 0.247 e. The first-order valence-electron chi connectivity index (χ1n) is 10.2. The van der Waals surface area contributed by atoms with Crippen LogP contribution in [0, 0.1) is 0 Å². The first-order valence-corrected chi connectivity index (χ1v) is 10.2. The summed E-state index contributed by atoms with van der Waals surface area (Å²) in [7, 11) is 0. The average molecular weight is 406 g/mol. The van der Waals surface area contributed by atoms with Crippen molar-refractivity contribution in [3.05, 3.63) is 60.3 Å². The van der Waals surface area contributed by atoms with Crippen LogP contribution in [-0.4, -0.2) is 49.1 Å². The maximum atomic E-state index is 12.9. The number of hydrogen-bond donors (Lipinski definition) is 3. The molecule has 30 heavy (non-hydrogen) atoms. The Labute approximate surface area is 175 Å². The number of aromatic nitrogens is 1. The molecule has 1 fully saturated rings. The summed E-state index contributed by atoms with van der Waals surface area (Å²) in [6, 6.07) is 15.0. The molecular weight excluding hydrogens is 380 g/mol. The van der Waals surface area contributed by atoms with Crippen molar-refractivity contribution in [2.45, 2.75) is 19.4 Å². The standard InChI is InChI=1S/C23H26N4O3/c1-16(28)25-22(14-17-15-24-21-5-3-2-4-20(17)21)23(29)26-18-6-8-19(9-7-18)27-10-12-30-13-11-27/h2-9,15,22,24H,10-14H2,1H3,(H,25,28)(H,26,29)/t22-/m0/s1. The summed E-state index contributed by atoms with van der Waals surface area (Å²) in [5.41, 5.74) is 3.80. The van der Waals surface area contributed by atoms with Crippen LogP contribution in [0.25, 0.3) is 10.9 Å². The predicted molar refractivity (Wildman–Crippen MR) is 118 cm³/mol. The molecule has 1 aromatic heterocycles. The summed E-state index contributed by atoms with van der Waals surface area (Å²) in [6.45, 7) is 4.60. The third-order valence-corrected chi connectivity index (χ3v) is 5.30. The van der Waals surface area contributed by atoms with Crippen LogP contribution < -0.4 is 15.5 Å². The molecular formula is C23H26N4O3. The molecule has 2 aromatic carbocycles.